The van der Waals surface area contributed by atoms with E-state index in [0.717, 1.165) is 30.8 Å². The smallest absolute Gasteiger partial charge is 0.254 e. The van der Waals surface area contributed by atoms with Crippen LogP contribution in [0.15, 0.2) is 29.2 Å². The number of rotatable bonds is 3. The highest BCUT2D eigenvalue weighted by Gasteiger charge is 2.30. The predicted molar refractivity (Wildman–Crippen MR) is 87.4 cm³/mol. The van der Waals surface area contributed by atoms with Crippen molar-refractivity contribution in [1.29, 1.82) is 0 Å². The van der Waals surface area contributed by atoms with Gasteiger partial charge in [-0.2, -0.15) is 5.10 Å². The highest BCUT2D eigenvalue weighted by molar-refractivity contribution is 5.94. The van der Waals surface area contributed by atoms with Crippen LogP contribution >= 0.6 is 0 Å². The number of hydrogen-bond acceptors (Lipinski definition) is 3. The van der Waals surface area contributed by atoms with Crippen LogP contribution in [0.3, 0.4) is 0 Å². The fraction of sp³-hybridized carbons (Fsp3) is 0.471. The summed E-state index contributed by atoms with van der Waals surface area (Å²) >= 11 is 0. The monoisotopic (exact) mass is 314 g/mol. The lowest BCUT2D eigenvalue weighted by Gasteiger charge is -2.25. The van der Waals surface area contributed by atoms with Gasteiger partial charge in [0, 0.05) is 37.1 Å². The number of carbonyl (C=O) groups excluding carboxylic acids is 1. The number of pyridine rings is 1. The Balaban J connectivity index is 1.80. The zero-order chi connectivity index (χ0) is 16.6. The average Bonchev–Trinajstić information content (AvgIpc) is 3.08. The summed E-state index contributed by atoms with van der Waals surface area (Å²) < 4.78 is 3.43. The second-order valence-corrected chi connectivity index (χ2v) is 6.27. The fourth-order valence-corrected chi connectivity index (χ4v) is 3.20. The van der Waals surface area contributed by atoms with Crippen LogP contribution in [0.4, 0.5) is 0 Å². The minimum Gasteiger partial charge on any atom is -0.334 e. The summed E-state index contributed by atoms with van der Waals surface area (Å²) in [6.45, 7) is 5.44. The van der Waals surface area contributed by atoms with Crippen molar-refractivity contribution < 1.29 is 4.79 Å². The molecular weight excluding hydrogens is 292 g/mol. The Kier molecular flexibility index (Phi) is 4.07. The van der Waals surface area contributed by atoms with Gasteiger partial charge >= 0.3 is 0 Å². The van der Waals surface area contributed by atoms with Crippen LogP contribution in [0.25, 0.3) is 0 Å². The SMILES string of the molecule is Cc1cc(C)n(CC2CCCN2C(=O)c2ccn(C)c(=O)c2)n1. The highest BCUT2D eigenvalue weighted by Crippen LogP contribution is 2.21. The van der Waals surface area contributed by atoms with Gasteiger partial charge in [-0.15, -0.1) is 0 Å². The van der Waals surface area contributed by atoms with Gasteiger partial charge in [-0.25, -0.2) is 0 Å². The Labute approximate surface area is 135 Å². The van der Waals surface area contributed by atoms with Gasteiger partial charge in [-0.1, -0.05) is 0 Å². The fourth-order valence-electron chi connectivity index (χ4n) is 3.20. The number of aryl methyl sites for hydroxylation is 3. The third kappa shape index (κ3) is 3.06. The molecule has 1 fully saturated rings. The molecule has 1 unspecified atom stereocenters. The van der Waals surface area contributed by atoms with Crippen molar-refractivity contribution in [1.82, 2.24) is 19.2 Å². The Morgan fingerprint density at radius 2 is 2.13 bits per heavy atom. The molecule has 1 atom stereocenters. The third-order valence-corrected chi connectivity index (χ3v) is 4.48. The number of carbonyl (C=O) groups is 1. The van der Waals surface area contributed by atoms with Gasteiger partial charge in [0.25, 0.3) is 11.5 Å². The number of hydrogen-bond donors (Lipinski definition) is 0. The van der Waals surface area contributed by atoms with Gasteiger partial charge in [-0.3, -0.25) is 14.3 Å². The normalized spacial score (nSPS) is 17.7. The van der Waals surface area contributed by atoms with Crippen molar-refractivity contribution in [3.63, 3.8) is 0 Å². The number of likely N-dealkylation sites (tertiary alicyclic amines) is 1. The molecule has 1 aliphatic heterocycles. The lowest BCUT2D eigenvalue weighted by molar-refractivity contribution is 0.0720. The van der Waals surface area contributed by atoms with E-state index in [0.29, 0.717) is 12.1 Å². The molecule has 2 aromatic rings. The zero-order valence-electron chi connectivity index (χ0n) is 13.8. The quantitative estimate of drug-likeness (QED) is 0.862. The summed E-state index contributed by atoms with van der Waals surface area (Å²) in [6, 6.07) is 5.30. The Bertz CT molecular complexity index is 790. The minimum absolute atomic E-state index is 0.0632. The van der Waals surface area contributed by atoms with Gasteiger partial charge in [0.15, 0.2) is 0 Å². The maximum atomic E-state index is 12.7. The van der Waals surface area contributed by atoms with Gasteiger partial charge in [0.2, 0.25) is 0 Å². The average molecular weight is 314 g/mol. The Morgan fingerprint density at radius 3 is 2.78 bits per heavy atom. The van der Waals surface area contributed by atoms with Crippen LogP contribution in [0.5, 0.6) is 0 Å². The van der Waals surface area contributed by atoms with E-state index < -0.39 is 0 Å². The van der Waals surface area contributed by atoms with Crippen molar-refractivity contribution in [2.75, 3.05) is 6.54 Å². The molecule has 0 spiro atoms. The second kappa shape index (κ2) is 6.02. The first-order valence-corrected chi connectivity index (χ1v) is 7.94. The van der Waals surface area contributed by atoms with Crippen LogP contribution in [0, 0.1) is 13.8 Å². The van der Waals surface area contributed by atoms with Gasteiger partial charge in [0.1, 0.15) is 0 Å². The predicted octanol–water partition coefficient (Wildman–Crippen LogP) is 1.50. The van der Waals surface area contributed by atoms with E-state index in [-0.39, 0.29) is 17.5 Å². The van der Waals surface area contributed by atoms with Crippen LogP contribution in [0.2, 0.25) is 0 Å². The zero-order valence-corrected chi connectivity index (χ0v) is 13.8. The van der Waals surface area contributed by atoms with E-state index in [1.807, 2.05) is 29.5 Å². The standard InChI is InChI=1S/C17H22N4O2/c1-12-9-13(2)21(18-12)11-15-5-4-7-20(15)17(23)14-6-8-19(3)16(22)10-14/h6,8-10,15H,4-5,7,11H2,1-3H3. The van der Waals surface area contributed by atoms with Crippen LogP contribution in [0.1, 0.15) is 34.6 Å². The van der Waals surface area contributed by atoms with Crippen LogP contribution in [-0.2, 0) is 13.6 Å². The van der Waals surface area contributed by atoms with Gasteiger partial charge < -0.3 is 9.47 Å². The lowest BCUT2D eigenvalue weighted by Crippen LogP contribution is -2.39. The van der Waals surface area contributed by atoms with E-state index in [2.05, 4.69) is 5.10 Å². The molecule has 3 heterocycles. The topological polar surface area (TPSA) is 60.1 Å². The first-order valence-electron chi connectivity index (χ1n) is 7.94. The van der Waals surface area contributed by atoms with Crippen molar-refractivity contribution in [2.45, 2.75) is 39.3 Å². The first-order chi connectivity index (χ1) is 11.0. The number of nitrogens with zero attached hydrogens (tertiary/aromatic N) is 4. The Hall–Kier alpha value is -2.37. The molecule has 1 amide bonds. The largest absolute Gasteiger partial charge is 0.334 e. The molecular formula is C17H22N4O2. The lowest BCUT2D eigenvalue weighted by atomic mass is 10.2. The summed E-state index contributed by atoms with van der Waals surface area (Å²) in [5.74, 6) is -0.0632. The minimum atomic E-state index is -0.162. The van der Waals surface area contributed by atoms with E-state index in [9.17, 15) is 9.59 Å². The molecule has 0 radical (unpaired) electrons. The summed E-state index contributed by atoms with van der Waals surface area (Å²) in [5.41, 5.74) is 2.40. The molecule has 23 heavy (non-hydrogen) atoms. The van der Waals surface area contributed by atoms with E-state index >= 15 is 0 Å². The van der Waals surface area contributed by atoms with E-state index in [1.165, 1.54) is 10.6 Å². The maximum absolute atomic E-state index is 12.7. The van der Waals surface area contributed by atoms with Crippen molar-refractivity contribution >= 4 is 5.91 Å². The maximum Gasteiger partial charge on any atom is 0.254 e. The molecule has 2 aromatic heterocycles. The summed E-state index contributed by atoms with van der Waals surface area (Å²) in [7, 11) is 1.68. The van der Waals surface area contributed by atoms with Crippen molar-refractivity contribution in [2.24, 2.45) is 7.05 Å². The third-order valence-electron chi connectivity index (χ3n) is 4.48. The Morgan fingerprint density at radius 1 is 1.35 bits per heavy atom. The number of amides is 1. The number of aromatic nitrogens is 3. The molecule has 0 bridgehead atoms. The molecule has 6 heteroatoms. The summed E-state index contributed by atoms with van der Waals surface area (Å²) in [4.78, 5) is 26.4. The molecule has 0 aromatic carbocycles. The molecule has 122 valence electrons. The molecule has 6 nitrogen and oxygen atoms in total. The molecule has 1 aliphatic rings. The molecule has 0 aliphatic carbocycles. The first kappa shape index (κ1) is 15.5. The van der Waals surface area contributed by atoms with Crippen molar-refractivity contribution in [3.8, 4) is 0 Å². The van der Waals surface area contributed by atoms with E-state index in [4.69, 9.17) is 0 Å². The molecule has 3 rings (SSSR count). The van der Waals surface area contributed by atoms with Crippen molar-refractivity contribution in [3.05, 3.63) is 51.7 Å². The molecule has 1 saturated heterocycles. The van der Waals surface area contributed by atoms with Crippen LogP contribution in [-0.4, -0.2) is 37.7 Å². The molecule has 0 saturated carbocycles. The summed E-state index contributed by atoms with van der Waals surface area (Å²) in [5, 5.41) is 4.49. The second-order valence-electron chi connectivity index (χ2n) is 6.27. The molecule has 0 N–H and O–H groups in total. The summed E-state index contributed by atoms with van der Waals surface area (Å²) in [6.07, 6.45) is 3.59. The van der Waals surface area contributed by atoms with Crippen LogP contribution < -0.4 is 5.56 Å². The van der Waals surface area contributed by atoms with Gasteiger partial charge in [0.05, 0.1) is 18.3 Å². The van der Waals surface area contributed by atoms with E-state index in [1.54, 1.807) is 19.3 Å². The van der Waals surface area contributed by atoms with Gasteiger partial charge in [-0.05, 0) is 38.8 Å². The highest BCUT2D eigenvalue weighted by atomic mass is 16.2.